The molecule has 0 saturated carbocycles. The average molecular weight is 348 g/mol. The second kappa shape index (κ2) is 14.6. The minimum absolute atomic E-state index is 0.527. The molecule has 0 amide bonds. The maximum atomic E-state index is 5.56. The third kappa shape index (κ3) is 11.3. The van der Waals surface area contributed by atoms with E-state index >= 15 is 0 Å². The Morgan fingerprint density at radius 2 is 1.43 bits per heavy atom. The van der Waals surface area contributed by atoms with Crippen molar-refractivity contribution in [2.24, 2.45) is 0 Å². The number of nitrogens with zero attached hydrogens (tertiary/aromatic N) is 1. The summed E-state index contributed by atoms with van der Waals surface area (Å²) in [7, 11) is 0. The summed E-state index contributed by atoms with van der Waals surface area (Å²) in [5.74, 6) is 0. The molecule has 1 saturated heterocycles. The molecule has 0 aromatic heterocycles. The molecule has 1 aliphatic heterocycles. The van der Waals surface area contributed by atoms with Crippen LogP contribution in [-0.2, 0) is 23.7 Å². The van der Waals surface area contributed by atoms with Gasteiger partial charge in [0.2, 0.25) is 0 Å². The quantitative estimate of drug-likeness (QED) is 0.445. The van der Waals surface area contributed by atoms with Gasteiger partial charge < -0.3 is 33.9 Å². The van der Waals surface area contributed by atoms with Crippen LogP contribution < -0.4 is 5.32 Å². The van der Waals surface area contributed by atoms with Crippen LogP contribution in [0.5, 0.6) is 0 Å². The van der Waals surface area contributed by atoms with E-state index in [1.54, 1.807) is 0 Å². The molecule has 8 heteroatoms. The Morgan fingerprint density at radius 3 is 1.91 bits per heavy atom. The number of nitrogens with one attached hydrogen (secondary N) is 1. The summed E-state index contributed by atoms with van der Waals surface area (Å²) in [6.45, 7) is 10.7. The minimum Gasteiger partial charge on any atom is -0.500 e. The standard InChI is InChI=1S/C15H28N2O5S/c1-2-18-6-3-16-15(23)17-4-7-19-9-11-21-13-14-22-12-10-20-8-5-17/h2H,1,3-14H2,(H,16,23). The van der Waals surface area contributed by atoms with Crippen LogP contribution in [0.1, 0.15) is 0 Å². The molecule has 0 bridgehead atoms. The number of rotatable bonds is 4. The summed E-state index contributed by atoms with van der Waals surface area (Å²) < 4.78 is 27.0. The lowest BCUT2D eigenvalue weighted by atomic mass is 10.5. The lowest BCUT2D eigenvalue weighted by molar-refractivity contribution is 0.00206. The van der Waals surface area contributed by atoms with Gasteiger partial charge in [0.1, 0.15) is 6.61 Å². The first-order chi connectivity index (χ1) is 11.3. The van der Waals surface area contributed by atoms with Gasteiger partial charge in [-0.05, 0) is 12.2 Å². The number of hydrogen-bond donors (Lipinski definition) is 1. The van der Waals surface area contributed by atoms with Crippen LogP contribution in [0.15, 0.2) is 12.8 Å². The van der Waals surface area contributed by atoms with E-state index < -0.39 is 0 Å². The van der Waals surface area contributed by atoms with Crippen molar-refractivity contribution in [1.29, 1.82) is 0 Å². The van der Waals surface area contributed by atoms with Gasteiger partial charge in [-0.2, -0.15) is 0 Å². The Morgan fingerprint density at radius 1 is 0.957 bits per heavy atom. The summed E-state index contributed by atoms with van der Waals surface area (Å²) >= 11 is 5.41. The zero-order valence-corrected chi connectivity index (χ0v) is 14.5. The van der Waals surface area contributed by atoms with Gasteiger partial charge in [-0.3, -0.25) is 0 Å². The highest BCUT2D eigenvalue weighted by atomic mass is 32.1. The normalized spacial score (nSPS) is 19.2. The molecule has 1 rings (SSSR count). The predicted molar refractivity (Wildman–Crippen MR) is 91.6 cm³/mol. The molecule has 1 heterocycles. The van der Waals surface area contributed by atoms with E-state index in [2.05, 4.69) is 11.9 Å². The van der Waals surface area contributed by atoms with Gasteiger partial charge in [-0.1, -0.05) is 6.58 Å². The first-order valence-corrected chi connectivity index (χ1v) is 8.31. The van der Waals surface area contributed by atoms with Gasteiger partial charge in [-0.15, -0.1) is 0 Å². The SMILES string of the molecule is C=COCCNC(=S)N1CCOCCOCCOCCOCC1. The molecular formula is C15H28N2O5S. The van der Waals surface area contributed by atoms with Gasteiger partial charge in [0.25, 0.3) is 0 Å². The Labute approximate surface area is 143 Å². The maximum Gasteiger partial charge on any atom is 0.169 e. The predicted octanol–water partition coefficient (Wildman–Crippen LogP) is 0.403. The van der Waals surface area contributed by atoms with Gasteiger partial charge in [0.15, 0.2) is 5.11 Å². The van der Waals surface area contributed by atoms with Crippen LogP contribution >= 0.6 is 12.2 Å². The maximum absolute atomic E-state index is 5.56. The highest BCUT2D eigenvalue weighted by Gasteiger charge is 2.09. The van der Waals surface area contributed by atoms with Crippen LogP contribution in [0, 0.1) is 0 Å². The van der Waals surface area contributed by atoms with Crippen molar-refractivity contribution in [3.05, 3.63) is 12.8 Å². The summed E-state index contributed by atoms with van der Waals surface area (Å²) in [4.78, 5) is 2.03. The third-order valence-electron chi connectivity index (χ3n) is 3.03. The van der Waals surface area contributed by atoms with Crippen LogP contribution in [0.25, 0.3) is 0 Å². The molecule has 0 aromatic carbocycles. The van der Waals surface area contributed by atoms with Gasteiger partial charge in [0.05, 0.1) is 65.7 Å². The molecule has 1 aliphatic rings. The third-order valence-corrected chi connectivity index (χ3v) is 3.43. The average Bonchev–Trinajstić information content (AvgIpc) is 2.57. The van der Waals surface area contributed by atoms with Crippen molar-refractivity contribution in [2.75, 3.05) is 79.1 Å². The van der Waals surface area contributed by atoms with E-state index in [9.17, 15) is 0 Å². The van der Waals surface area contributed by atoms with Crippen LogP contribution in [0.2, 0.25) is 0 Å². The van der Waals surface area contributed by atoms with E-state index in [-0.39, 0.29) is 0 Å². The smallest absolute Gasteiger partial charge is 0.169 e. The molecule has 0 atom stereocenters. The topological polar surface area (TPSA) is 61.4 Å². The summed E-state index contributed by atoms with van der Waals surface area (Å²) in [5.41, 5.74) is 0. The van der Waals surface area contributed by atoms with Crippen molar-refractivity contribution in [3.8, 4) is 0 Å². The van der Waals surface area contributed by atoms with Crippen LogP contribution in [0.3, 0.4) is 0 Å². The Balaban J connectivity index is 2.32. The molecule has 0 spiro atoms. The van der Waals surface area contributed by atoms with Crippen molar-refractivity contribution < 1.29 is 23.7 Å². The lowest BCUT2D eigenvalue weighted by Gasteiger charge is -2.25. The molecule has 1 fully saturated rings. The fourth-order valence-corrected chi connectivity index (χ4v) is 2.12. The van der Waals surface area contributed by atoms with E-state index in [0.29, 0.717) is 84.2 Å². The summed E-state index contributed by atoms with van der Waals surface area (Å²) in [6.07, 6.45) is 1.42. The highest BCUT2D eigenvalue weighted by molar-refractivity contribution is 7.80. The molecular weight excluding hydrogens is 320 g/mol. The number of ether oxygens (including phenoxy) is 5. The lowest BCUT2D eigenvalue weighted by Crippen LogP contribution is -2.44. The Hall–Kier alpha value is -0.930. The largest absolute Gasteiger partial charge is 0.500 e. The molecule has 0 radical (unpaired) electrons. The first kappa shape index (κ1) is 20.1. The fraction of sp³-hybridized carbons (Fsp3) is 0.800. The van der Waals surface area contributed by atoms with E-state index in [1.165, 1.54) is 6.26 Å². The molecule has 23 heavy (non-hydrogen) atoms. The zero-order chi connectivity index (χ0) is 16.6. The van der Waals surface area contributed by atoms with Crippen LogP contribution in [-0.4, -0.2) is 89.1 Å². The zero-order valence-electron chi connectivity index (χ0n) is 13.7. The Kier molecular flexibility index (Phi) is 12.8. The second-order valence-corrected chi connectivity index (χ2v) is 5.09. The molecule has 0 aliphatic carbocycles. The van der Waals surface area contributed by atoms with Crippen molar-refractivity contribution in [1.82, 2.24) is 10.2 Å². The number of hydrogen-bond acceptors (Lipinski definition) is 6. The Bertz CT molecular complexity index is 304. The first-order valence-electron chi connectivity index (χ1n) is 7.91. The van der Waals surface area contributed by atoms with Crippen molar-refractivity contribution in [2.45, 2.75) is 0 Å². The van der Waals surface area contributed by atoms with Gasteiger partial charge in [-0.25, -0.2) is 0 Å². The molecule has 7 nitrogen and oxygen atoms in total. The monoisotopic (exact) mass is 348 g/mol. The molecule has 0 aromatic rings. The van der Waals surface area contributed by atoms with Crippen molar-refractivity contribution in [3.63, 3.8) is 0 Å². The molecule has 0 unspecified atom stereocenters. The highest BCUT2D eigenvalue weighted by Crippen LogP contribution is 1.94. The number of thiocarbonyl (C=S) groups is 1. The van der Waals surface area contributed by atoms with Crippen molar-refractivity contribution >= 4 is 17.3 Å². The van der Waals surface area contributed by atoms with Gasteiger partial charge in [0, 0.05) is 13.1 Å². The van der Waals surface area contributed by atoms with E-state index in [4.69, 9.17) is 35.9 Å². The molecule has 1 N–H and O–H groups in total. The minimum atomic E-state index is 0.527. The summed E-state index contributed by atoms with van der Waals surface area (Å²) in [6, 6.07) is 0. The van der Waals surface area contributed by atoms with Crippen LogP contribution in [0.4, 0.5) is 0 Å². The summed E-state index contributed by atoms with van der Waals surface area (Å²) in [5, 5.41) is 3.82. The molecule has 134 valence electrons. The fourth-order valence-electron chi connectivity index (χ4n) is 1.84. The van der Waals surface area contributed by atoms with E-state index in [1.807, 2.05) is 4.90 Å². The van der Waals surface area contributed by atoms with E-state index in [0.717, 1.165) is 0 Å². The second-order valence-electron chi connectivity index (χ2n) is 4.71. The van der Waals surface area contributed by atoms with Gasteiger partial charge >= 0.3 is 0 Å².